The Morgan fingerprint density at radius 1 is 1.08 bits per heavy atom. The number of pyridine rings is 1. The van der Waals surface area contributed by atoms with Crippen molar-refractivity contribution in [2.75, 3.05) is 13.1 Å². The van der Waals surface area contributed by atoms with E-state index in [1.165, 1.54) is 16.7 Å². The topological polar surface area (TPSA) is 53.4 Å². The van der Waals surface area contributed by atoms with E-state index in [1.807, 2.05) is 13.1 Å². The highest BCUT2D eigenvalue weighted by molar-refractivity contribution is 5.70. The molecule has 4 heteroatoms. The summed E-state index contributed by atoms with van der Waals surface area (Å²) in [6.07, 6.45) is 3.31. The van der Waals surface area contributed by atoms with Gasteiger partial charge in [-0.2, -0.15) is 0 Å². The highest BCUT2D eigenvalue weighted by Gasteiger charge is 2.30. The molecule has 2 heterocycles. The third-order valence-corrected chi connectivity index (χ3v) is 5.02. The molecule has 1 unspecified atom stereocenters. The third kappa shape index (κ3) is 4.07. The summed E-state index contributed by atoms with van der Waals surface area (Å²) in [5, 5.41) is 9.27. The van der Waals surface area contributed by atoms with Crippen molar-refractivity contribution < 1.29 is 9.90 Å². The summed E-state index contributed by atoms with van der Waals surface area (Å²) >= 11 is 0. The van der Waals surface area contributed by atoms with Gasteiger partial charge < -0.3 is 5.11 Å². The van der Waals surface area contributed by atoms with Crippen LogP contribution >= 0.6 is 0 Å². The average Bonchev–Trinajstić information content (AvgIpc) is 2.56. The zero-order chi connectivity index (χ0) is 18.0. The van der Waals surface area contributed by atoms with Gasteiger partial charge in [0.25, 0.3) is 0 Å². The van der Waals surface area contributed by atoms with Crippen molar-refractivity contribution in [3.63, 3.8) is 0 Å². The SMILES string of the molecule is Cc1ccc(C(c2cc(C)cc(C)c2)N2CCC(C(=O)O)CC2)nc1. The summed E-state index contributed by atoms with van der Waals surface area (Å²) in [6.45, 7) is 7.84. The van der Waals surface area contributed by atoms with Gasteiger partial charge in [0.15, 0.2) is 0 Å². The number of rotatable bonds is 4. The van der Waals surface area contributed by atoms with Gasteiger partial charge in [-0.25, -0.2) is 0 Å². The van der Waals surface area contributed by atoms with Crippen LogP contribution in [0.4, 0.5) is 0 Å². The number of hydrogen-bond acceptors (Lipinski definition) is 3. The van der Waals surface area contributed by atoms with Crippen molar-refractivity contribution >= 4 is 5.97 Å². The molecular formula is C21H26N2O2. The maximum absolute atomic E-state index is 11.3. The summed E-state index contributed by atoms with van der Waals surface area (Å²) in [7, 11) is 0. The second-order valence-electron chi connectivity index (χ2n) is 7.23. The predicted octanol–water partition coefficient (Wildman–Crippen LogP) is 3.89. The predicted molar refractivity (Wildman–Crippen MR) is 98.7 cm³/mol. The number of carboxylic acid groups (broad SMARTS) is 1. The molecule has 25 heavy (non-hydrogen) atoms. The normalized spacial score (nSPS) is 17.4. The lowest BCUT2D eigenvalue weighted by Gasteiger charge is -2.36. The second-order valence-corrected chi connectivity index (χ2v) is 7.23. The highest BCUT2D eigenvalue weighted by atomic mass is 16.4. The summed E-state index contributed by atoms with van der Waals surface area (Å²) in [5.41, 5.74) is 5.90. The van der Waals surface area contributed by atoms with Gasteiger partial charge in [-0.1, -0.05) is 35.4 Å². The van der Waals surface area contributed by atoms with Gasteiger partial charge in [0.1, 0.15) is 0 Å². The molecule has 1 aromatic carbocycles. The first-order valence-electron chi connectivity index (χ1n) is 8.91. The molecule has 0 aliphatic carbocycles. The van der Waals surface area contributed by atoms with Crippen LogP contribution in [0.2, 0.25) is 0 Å². The average molecular weight is 338 g/mol. The molecule has 0 saturated carbocycles. The Labute approximate surface area is 149 Å². The quantitative estimate of drug-likeness (QED) is 0.919. The molecule has 132 valence electrons. The Morgan fingerprint density at radius 3 is 2.24 bits per heavy atom. The third-order valence-electron chi connectivity index (χ3n) is 5.02. The second kappa shape index (κ2) is 7.36. The maximum Gasteiger partial charge on any atom is 0.306 e. The van der Waals surface area contributed by atoms with Crippen molar-refractivity contribution in [1.82, 2.24) is 9.88 Å². The molecule has 2 aromatic rings. The number of aryl methyl sites for hydroxylation is 3. The van der Waals surface area contributed by atoms with E-state index in [1.54, 1.807) is 0 Å². The van der Waals surface area contributed by atoms with E-state index in [0.29, 0.717) is 12.8 Å². The number of likely N-dealkylation sites (tertiary alicyclic amines) is 1. The lowest BCUT2D eigenvalue weighted by atomic mass is 9.92. The molecule has 1 aromatic heterocycles. The molecule has 1 N–H and O–H groups in total. The van der Waals surface area contributed by atoms with Gasteiger partial charge in [0, 0.05) is 6.20 Å². The van der Waals surface area contributed by atoms with Crippen LogP contribution in [0.15, 0.2) is 36.5 Å². The molecule has 0 amide bonds. The summed E-state index contributed by atoms with van der Waals surface area (Å²) in [4.78, 5) is 18.3. The number of aliphatic carboxylic acids is 1. The first-order valence-corrected chi connectivity index (χ1v) is 8.91. The van der Waals surface area contributed by atoms with Gasteiger partial charge in [-0.3, -0.25) is 14.7 Å². The Kier molecular flexibility index (Phi) is 5.19. The van der Waals surface area contributed by atoms with Crippen molar-refractivity contribution in [3.8, 4) is 0 Å². The Morgan fingerprint density at radius 2 is 1.72 bits per heavy atom. The molecule has 1 fully saturated rings. The molecule has 1 atom stereocenters. The summed E-state index contributed by atoms with van der Waals surface area (Å²) in [6, 6.07) is 10.9. The van der Waals surface area contributed by atoms with Gasteiger partial charge in [0.2, 0.25) is 0 Å². The van der Waals surface area contributed by atoms with Crippen LogP contribution in [0, 0.1) is 26.7 Å². The number of carboxylic acids is 1. The minimum Gasteiger partial charge on any atom is -0.481 e. The number of aromatic nitrogens is 1. The Balaban J connectivity index is 1.95. The van der Waals surface area contributed by atoms with Crippen LogP contribution < -0.4 is 0 Å². The minimum absolute atomic E-state index is 0.0777. The molecular weight excluding hydrogens is 312 g/mol. The van der Waals surface area contributed by atoms with Crippen LogP contribution in [-0.4, -0.2) is 34.0 Å². The lowest BCUT2D eigenvalue weighted by molar-refractivity contribution is -0.143. The fourth-order valence-corrected chi connectivity index (χ4v) is 3.78. The standard InChI is InChI=1S/C21H26N2O2/c1-14-4-5-19(22-13-14)20(18-11-15(2)10-16(3)12-18)23-8-6-17(7-9-23)21(24)25/h4-5,10-13,17,20H,6-9H2,1-3H3,(H,24,25). The highest BCUT2D eigenvalue weighted by Crippen LogP contribution is 2.32. The van der Waals surface area contributed by atoms with E-state index in [4.69, 9.17) is 0 Å². The zero-order valence-electron chi connectivity index (χ0n) is 15.2. The molecule has 3 rings (SSSR count). The van der Waals surface area contributed by atoms with E-state index in [9.17, 15) is 9.90 Å². The number of benzene rings is 1. The molecule has 0 bridgehead atoms. The van der Waals surface area contributed by atoms with Gasteiger partial charge in [-0.05, 0) is 63.9 Å². The van der Waals surface area contributed by atoms with Crippen LogP contribution in [0.5, 0.6) is 0 Å². The van der Waals surface area contributed by atoms with Crippen molar-refractivity contribution in [1.29, 1.82) is 0 Å². The van der Waals surface area contributed by atoms with Gasteiger partial charge in [-0.15, -0.1) is 0 Å². The fraction of sp³-hybridized carbons (Fsp3) is 0.429. The number of carbonyl (C=O) groups is 1. The number of nitrogens with zero attached hydrogens (tertiary/aromatic N) is 2. The lowest BCUT2D eigenvalue weighted by Crippen LogP contribution is -2.39. The number of hydrogen-bond donors (Lipinski definition) is 1. The largest absolute Gasteiger partial charge is 0.481 e. The van der Waals surface area contributed by atoms with Crippen molar-refractivity contribution in [2.24, 2.45) is 5.92 Å². The van der Waals surface area contributed by atoms with E-state index in [0.717, 1.165) is 24.3 Å². The van der Waals surface area contributed by atoms with Crippen LogP contribution in [0.1, 0.15) is 46.8 Å². The Hall–Kier alpha value is -2.20. The first-order chi connectivity index (χ1) is 11.9. The minimum atomic E-state index is -0.670. The van der Waals surface area contributed by atoms with Crippen LogP contribution in [-0.2, 0) is 4.79 Å². The molecule has 1 aliphatic heterocycles. The molecule has 0 radical (unpaired) electrons. The first kappa shape index (κ1) is 17.6. The maximum atomic E-state index is 11.3. The van der Waals surface area contributed by atoms with Gasteiger partial charge in [0.05, 0.1) is 17.7 Å². The monoisotopic (exact) mass is 338 g/mol. The summed E-state index contributed by atoms with van der Waals surface area (Å²) in [5.74, 6) is -0.891. The van der Waals surface area contributed by atoms with Crippen molar-refractivity contribution in [3.05, 3.63) is 64.5 Å². The number of piperidine rings is 1. The molecule has 4 nitrogen and oxygen atoms in total. The molecule has 0 spiro atoms. The van der Waals surface area contributed by atoms with E-state index in [-0.39, 0.29) is 12.0 Å². The van der Waals surface area contributed by atoms with Crippen molar-refractivity contribution in [2.45, 2.75) is 39.7 Å². The van der Waals surface area contributed by atoms with Gasteiger partial charge >= 0.3 is 5.97 Å². The van der Waals surface area contributed by atoms with E-state index >= 15 is 0 Å². The fourth-order valence-electron chi connectivity index (χ4n) is 3.78. The van der Waals surface area contributed by atoms with E-state index in [2.05, 4.69) is 54.1 Å². The smallest absolute Gasteiger partial charge is 0.306 e. The van der Waals surface area contributed by atoms with Crippen LogP contribution in [0.25, 0.3) is 0 Å². The van der Waals surface area contributed by atoms with E-state index < -0.39 is 5.97 Å². The zero-order valence-corrected chi connectivity index (χ0v) is 15.2. The molecule has 1 saturated heterocycles. The summed E-state index contributed by atoms with van der Waals surface area (Å²) < 4.78 is 0. The van der Waals surface area contributed by atoms with Crippen LogP contribution in [0.3, 0.4) is 0 Å². The Bertz CT molecular complexity index is 727. The molecule has 1 aliphatic rings.